The van der Waals surface area contributed by atoms with Crippen molar-refractivity contribution in [1.29, 1.82) is 0 Å². The third-order valence-electron chi connectivity index (χ3n) is 21.3. The van der Waals surface area contributed by atoms with Gasteiger partial charge >= 0.3 is 6.16 Å². The molecule has 0 atom stereocenters. The smallest absolute Gasteiger partial charge is 0.449 e. The summed E-state index contributed by atoms with van der Waals surface area (Å²) in [5, 5.41) is 11.9. The fourth-order valence-corrected chi connectivity index (χ4v) is 19.3. The maximum Gasteiger partial charge on any atom is 0.517 e. The van der Waals surface area contributed by atoms with E-state index >= 15 is 0 Å². The van der Waals surface area contributed by atoms with E-state index in [4.69, 9.17) is 4.18 Å². The van der Waals surface area contributed by atoms with Crippen LogP contribution in [-0.2, 0) is 42.7 Å². The van der Waals surface area contributed by atoms with E-state index in [0.29, 0.717) is 0 Å². The highest BCUT2D eigenvalue weighted by molar-refractivity contribution is 8.30. The summed E-state index contributed by atoms with van der Waals surface area (Å²) in [7, 11) is -2.83. The van der Waals surface area contributed by atoms with Crippen molar-refractivity contribution in [1.82, 2.24) is 0 Å². The number of hydrogen-bond acceptors (Lipinski definition) is 2. The van der Waals surface area contributed by atoms with E-state index in [-0.39, 0.29) is 0 Å². The van der Waals surface area contributed by atoms with E-state index in [1.54, 1.807) is 0 Å². The van der Waals surface area contributed by atoms with Gasteiger partial charge in [0.05, 0.1) is 0 Å². The normalized spacial score (nSPS) is 12.0. The summed E-state index contributed by atoms with van der Waals surface area (Å²) in [5.41, 5.74) is 8.58. The van der Waals surface area contributed by atoms with Gasteiger partial charge in [-0.2, -0.15) is 0 Å². The molecule has 3 nitrogen and oxygen atoms in total. The van der Waals surface area contributed by atoms with Crippen molar-refractivity contribution < 1.29 is 14.1 Å². The molecule has 0 aliphatic rings. The van der Waals surface area contributed by atoms with Gasteiger partial charge in [0, 0.05) is 14.7 Å². The van der Waals surface area contributed by atoms with Gasteiger partial charge < -0.3 is 9.29 Å². The first kappa shape index (κ1) is 86.5. The van der Waals surface area contributed by atoms with E-state index in [2.05, 4.69) is 96.1 Å². The Morgan fingerprint density at radius 3 is 0.632 bits per heavy atom. The Bertz CT molecular complexity index is 1960. The molecule has 0 aliphatic heterocycles. The zero-order valence-electron chi connectivity index (χ0n) is 64.5. The average Bonchev–Trinajstić information content (AvgIpc) is 0.722. The largest absolute Gasteiger partial charge is 0.517 e. The first-order valence-corrected chi connectivity index (χ1v) is 44.6. The van der Waals surface area contributed by atoms with Crippen LogP contribution >= 0.6 is 10.3 Å². The standard InChI is InChI=1S/C91H160O3S/c1-7-13-19-25-31-37-43-49-55-62-70-82-78-84(72-64-57-51-45-39-33-27-21-15-9-3)89(85(79-82)73-65-58-52-46-40-34-28-22-16-10-4)95(94-91(92)93,88-76-68-61-69-77-88)90-86(74-66-59-53-47-41-35-29-23-17-11-5)80-83(71-63-56-50-44-38-32-26-20-14-8-2)81-87(90)75-67-60-54-48-42-36-30-24-18-12-6/h61,68-69,76-81H,7-60,62-67,70-75H2,1-6H3,(H,92,93). The number of aryl methyl sites for hydroxylation is 6. The van der Waals surface area contributed by atoms with Crippen LogP contribution in [0.2, 0.25) is 0 Å². The van der Waals surface area contributed by atoms with Crippen molar-refractivity contribution in [2.75, 3.05) is 0 Å². The highest BCUT2D eigenvalue weighted by atomic mass is 32.3. The minimum Gasteiger partial charge on any atom is -0.449 e. The predicted molar refractivity (Wildman–Crippen MR) is 424 cm³/mol. The summed E-state index contributed by atoms with van der Waals surface area (Å²) < 4.78 is 7.37. The van der Waals surface area contributed by atoms with Gasteiger partial charge in [0.15, 0.2) is 0 Å². The quantitative estimate of drug-likeness (QED) is 0.0573. The van der Waals surface area contributed by atoms with Crippen molar-refractivity contribution in [3.05, 3.63) is 88.0 Å². The molecule has 0 aliphatic carbocycles. The van der Waals surface area contributed by atoms with Crippen LogP contribution in [0.5, 0.6) is 0 Å². The summed E-state index contributed by atoms with van der Waals surface area (Å²) in [4.78, 5) is 18.2. The minimum atomic E-state index is -2.83. The van der Waals surface area contributed by atoms with Crippen molar-refractivity contribution in [3.8, 4) is 0 Å². The molecule has 548 valence electrons. The van der Waals surface area contributed by atoms with Gasteiger partial charge in [-0.25, -0.2) is 4.79 Å². The number of carboxylic acid groups (broad SMARTS) is 1. The number of rotatable bonds is 70. The molecule has 4 heteroatoms. The Hall–Kier alpha value is -2.72. The Kier molecular flexibility index (Phi) is 56.7. The molecular formula is C91H160O3S. The second-order valence-corrected chi connectivity index (χ2v) is 32.9. The second kappa shape index (κ2) is 62.3. The van der Waals surface area contributed by atoms with Crippen LogP contribution in [0.1, 0.15) is 460 Å². The first-order chi connectivity index (χ1) is 46.9. The van der Waals surface area contributed by atoms with Gasteiger partial charge in [-0.05, 0) is 133 Å². The van der Waals surface area contributed by atoms with Gasteiger partial charge in [-0.3, -0.25) is 0 Å². The number of carbonyl (C=O) groups is 1. The lowest BCUT2D eigenvalue weighted by atomic mass is 9.94. The summed E-state index contributed by atoms with van der Waals surface area (Å²) in [5.74, 6) is 0. The Balaban J connectivity index is 2.36. The fourth-order valence-electron chi connectivity index (χ4n) is 15.5. The monoisotopic (exact) mass is 1330 g/mol. The zero-order chi connectivity index (χ0) is 68.0. The lowest BCUT2D eigenvalue weighted by Crippen LogP contribution is -2.19. The summed E-state index contributed by atoms with van der Waals surface area (Å²) in [6.07, 6.45) is 84.3. The molecule has 0 spiro atoms. The molecule has 0 bridgehead atoms. The van der Waals surface area contributed by atoms with Gasteiger partial charge in [0.1, 0.15) is 0 Å². The molecule has 1 N–H and O–H groups in total. The van der Waals surface area contributed by atoms with Crippen LogP contribution in [0.3, 0.4) is 0 Å². The molecule has 3 rings (SSSR count). The lowest BCUT2D eigenvalue weighted by Gasteiger charge is -2.44. The Labute approximate surface area is 595 Å². The molecule has 0 heterocycles. The van der Waals surface area contributed by atoms with Crippen molar-refractivity contribution in [2.45, 2.75) is 480 Å². The van der Waals surface area contributed by atoms with Gasteiger partial charge in [0.2, 0.25) is 0 Å². The third kappa shape index (κ3) is 41.6. The SMILES string of the molecule is CCCCCCCCCCCCc1cc(CCCCCCCCCCCC)c(S(OC(=O)O)(c2ccccc2)c2c(CCCCCCCCCCCC)cc(CCCCCCCCCCCC)cc2CCCCCCCCCCCC)c(CCCCCCCCCCCC)c1. The summed E-state index contributed by atoms with van der Waals surface area (Å²) in [6, 6.07) is 21.7. The zero-order valence-corrected chi connectivity index (χ0v) is 65.4. The van der Waals surface area contributed by atoms with Crippen molar-refractivity contribution in [3.63, 3.8) is 0 Å². The lowest BCUT2D eigenvalue weighted by molar-refractivity contribution is 0.150. The maximum atomic E-state index is 14.5. The van der Waals surface area contributed by atoms with Crippen LogP contribution in [0.15, 0.2) is 69.3 Å². The highest BCUT2D eigenvalue weighted by Crippen LogP contribution is 2.73. The predicted octanol–water partition coefficient (Wildman–Crippen LogP) is 32.4. The topological polar surface area (TPSA) is 46.5 Å². The minimum absolute atomic E-state index is 0.978. The van der Waals surface area contributed by atoms with Gasteiger partial charge in [0.25, 0.3) is 0 Å². The van der Waals surface area contributed by atoms with Crippen LogP contribution in [0.4, 0.5) is 4.79 Å². The Morgan fingerprint density at radius 2 is 0.442 bits per heavy atom. The molecular weight excluding hydrogens is 1170 g/mol. The molecule has 0 radical (unpaired) electrons. The number of hydrogen-bond donors (Lipinski definition) is 1. The highest BCUT2D eigenvalue weighted by Gasteiger charge is 2.42. The average molecular weight is 1330 g/mol. The number of unbranched alkanes of at least 4 members (excludes halogenated alkanes) is 54. The molecule has 0 amide bonds. The number of benzene rings is 3. The van der Waals surface area contributed by atoms with Gasteiger partial charge in [-0.1, -0.05) is 431 Å². The van der Waals surface area contributed by atoms with E-state index in [0.717, 1.165) is 69.1 Å². The molecule has 0 saturated carbocycles. The first-order valence-electron chi connectivity index (χ1n) is 43.0. The second-order valence-electron chi connectivity index (χ2n) is 30.3. The van der Waals surface area contributed by atoms with Crippen molar-refractivity contribution in [2.24, 2.45) is 0 Å². The van der Waals surface area contributed by atoms with E-state index in [1.807, 2.05) is 0 Å². The molecule has 95 heavy (non-hydrogen) atoms. The van der Waals surface area contributed by atoms with Crippen LogP contribution in [-0.4, -0.2) is 11.3 Å². The van der Waals surface area contributed by atoms with Gasteiger partial charge in [-0.15, -0.1) is 0 Å². The molecule has 3 aromatic carbocycles. The molecule has 0 fully saturated rings. The van der Waals surface area contributed by atoms with Crippen molar-refractivity contribution >= 4 is 16.5 Å². The maximum absolute atomic E-state index is 14.5. The summed E-state index contributed by atoms with van der Waals surface area (Å²) in [6.45, 7) is 13.9. The summed E-state index contributed by atoms with van der Waals surface area (Å²) >= 11 is 0. The third-order valence-corrected chi connectivity index (χ3v) is 24.8. The van der Waals surface area contributed by atoms with Crippen LogP contribution < -0.4 is 0 Å². The molecule has 0 saturated heterocycles. The van der Waals surface area contributed by atoms with Crippen LogP contribution in [0.25, 0.3) is 0 Å². The van der Waals surface area contributed by atoms with E-state index in [1.165, 1.54) is 403 Å². The van der Waals surface area contributed by atoms with Crippen LogP contribution in [0, 0.1) is 0 Å². The van der Waals surface area contributed by atoms with E-state index in [9.17, 15) is 9.90 Å². The molecule has 3 aromatic rings. The fraction of sp³-hybridized carbons (Fsp3) is 0.791. The Morgan fingerprint density at radius 1 is 0.263 bits per heavy atom. The van der Waals surface area contributed by atoms with E-state index < -0.39 is 16.5 Å². The molecule has 0 unspecified atom stereocenters. The molecule has 0 aromatic heterocycles.